The molecule has 0 radical (unpaired) electrons. The summed E-state index contributed by atoms with van der Waals surface area (Å²) in [4.78, 5) is 2.49. The van der Waals surface area contributed by atoms with E-state index in [1.807, 2.05) is 18.2 Å². The predicted octanol–water partition coefficient (Wildman–Crippen LogP) is 4.90. The van der Waals surface area contributed by atoms with Crippen molar-refractivity contribution in [3.63, 3.8) is 0 Å². The smallest absolute Gasteiger partial charge is 0.497 e. The summed E-state index contributed by atoms with van der Waals surface area (Å²) in [5.74, 6) is 2.89. The van der Waals surface area contributed by atoms with E-state index in [2.05, 4.69) is 21.8 Å². The highest BCUT2D eigenvalue weighted by Gasteiger charge is 2.54. The van der Waals surface area contributed by atoms with Crippen molar-refractivity contribution in [3.05, 3.63) is 59.7 Å². The Bertz CT molecular complexity index is 794. The van der Waals surface area contributed by atoms with Gasteiger partial charge in [-0.1, -0.05) is 24.3 Å². The quantitative estimate of drug-likeness (QED) is 0.670. The monoisotopic (exact) mass is 391 g/mol. The van der Waals surface area contributed by atoms with Crippen LogP contribution in [0, 0.1) is 17.8 Å². The molecule has 1 heterocycles. The third-order valence-corrected chi connectivity index (χ3v) is 5.91. The Morgan fingerprint density at radius 3 is 2.32 bits per heavy atom. The first kappa shape index (κ1) is 19.1. The second kappa shape index (κ2) is 7.66. The predicted molar refractivity (Wildman–Crippen MR) is 100 cm³/mol. The van der Waals surface area contributed by atoms with Gasteiger partial charge < -0.3 is 9.47 Å². The van der Waals surface area contributed by atoms with E-state index in [0.717, 1.165) is 55.6 Å². The number of ether oxygens (including phenoxy) is 2. The third kappa shape index (κ3) is 4.61. The lowest BCUT2D eigenvalue weighted by Crippen LogP contribution is -2.24. The first-order valence-corrected chi connectivity index (χ1v) is 9.61. The SMILES string of the molecule is COc1ccc(CN2CC3C(CCc4cccc(OC(F)(F)F)c4)C3C2)cc1. The Morgan fingerprint density at radius 1 is 0.964 bits per heavy atom. The fourth-order valence-corrected chi connectivity index (χ4v) is 4.51. The lowest BCUT2D eigenvalue weighted by atomic mass is 10.0. The molecule has 1 saturated carbocycles. The van der Waals surface area contributed by atoms with E-state index in [1.54, 1.807) is 13.2 Å². The zero-order chi connectivity index (χ0) is 19.7. The van der Waals surface area contributed by atoms with E-state index >= 15 is 0 Å². The number of fused-ring (bicyclic) bond motifs is 1. The molecule has 1 aliphatic carbocycles. The minimum atomic E-state index is -4.64. The van der Waals surface area contributed by atoms with Crippen molar-refractivity contribution >= 4 is 0 Å². The molecule has 0 spiro atoms. The van der Waals surface area contributed by atoms with Gasteiger partial charge in [0.2, 0.25) is 0 Å². The third-order valence-electron chi connectivity index (χ3n) is 5.91. The van der Waals surface area contributed by atoms with Gasteiger partial charge in [-0.15, -0.1) is 13.2 Å². The molecule has 0 amide bonds. The van der Waals surface area contributed by atoms with E-state index in [-0.39, 0.29) is 5.75 Å². The molecule has 0 N–H and O–H groups in total. The summed E-state index contributed by atoms with van der Waals surface area (Å²) < 4.78 is 46.3. The number of hydrogen-bond donors (Lipinski definition) is 0. The van der Waals surface area contributed by atoms with Crippen molar-refractivity contribution < 1.29 is 22.6 Å². The molecule has 28 heavy (non-hydrogen) atoms. The molecule has 6 heteroatoms. The number of methoxy groups -OCH3 is 1. The van der Waals surface area contributed by atoms with Crippen LogP contribution in [0.2, 0.25) is 0 Å². The standard InChI is InChI=1S/C22H24F3NO2/c1-27-17-8-5-16(6-9-17)12-26-13-20-19(21(20)14-26)10-7-15-3-2-4-18(11-15)28-22(23,24)25/h2-6,8-9,11,19-21H,7,10,12-14H2,1H3. The summed E-state index contributed by atoms with van der Waals surface area (Å²) in [6, 6.07) is 14.5. The van der Waals surface area contributed by atoms with Crippen molar-refractivity contribution in [1.29, 1.82) is 0 Å². The average Bonchev–Trinajstić information content (AvgIpc) is 3.11. The van der Waals surface area contributed by atoms with Crippen molar-refractivity contribution in [1.82, 2.24) is 4.90 Å². The van der Waals surface area contributed by atoms with E-state index in [4.69, 9.17) is 4.74 Å². The van der Waals surface area contributed by atoms with Gasteiger partial charge in [0.15, 0.2) is 0 Å². The van der Waals surface area contributed by atoms with Crippen LogP contribution in [0.5, 0.6) is 11.5 Å². The summed E-state index contributed by atoms with van der Waals surface area (Å²) in [7, 11) is 1.67. The van der Waals surface area contributed by atoms with E-state index < -0.39 is 6.36 Å². The molecule has 4 rings (SSSR count). The molecule has 2 fully saturated rings. The molecule has 2 aliphatic rings. The minimum absolute atomic E-state index is 0.133. The maximum absolute atomic E-state index is 12.4. The van der Waals surface area contributed by atoms with E-state index in [0.29, 0.717) is 5.92 Å². The number of rotatable bonds is 7. The van der Waals surface area contributed by atoms with Gasteiger partial charge in [0.1, 0.15) is 11.5 Å². The summed E-state index contributed by atoms with van der Waals surface area (Å²) >= 11 is 0. The number of nitrogens with zero attached hydrogens (tertiary/aromatic N) is 1. The summed E-state index contributed by atoms with van der Waals surface area (Å²) in [6.07, 6.45) is -2.81. The van der Waals surface area contributed by atoms with Crippen LogP contribution in [0.25, 0.3) is 0 Å². The van der Waals surface area contributed by atoms with Crippen molar-refractivity contribution in [2.24, 2.45) is 17.8 Å². The highest BCUT2D eigenvalue weighted by atomic mass is 19.4. The zero-order valence-electron chi connectivity index (χ0n) is 15.8. The maximum atomic E-state index is 12.4. The van der Waals surface area contributed by atoms with Gasteiger partial charge in [-0.3, -0.25) is 4.90 Å². The number of likely N-dealkylation sites (tertiary alicyclic amines) is 1. The average molecular weight is 391 g/mol. The highest BCUT2D eigenvalue weighted by Crippen LogP contribution is 2.54. The molecular weight excluding hydrogens is 367 g/mol. The molecule has 150 valence electrons. The summed E-state index contributed by atoms with van der Waals surface area (Å²) in [5.41, 5.74) is 2.20. The number of piperidine rings is 1. The van der Waals surface area contributed by atoms with E-state index in [9.17, 15) is 13.2 Å². The van der Waals surface area contributed by atoms with Gasteiger partial charge in [-0.25, -0.2) is 0 Å². The molecule has 1 aliphatic heterocycles. The zero-order valence-corrected chi connectivity index (χ0v) is 15.8. The van der Waals surface area contributed by atoms with Crippen molar-refractivity contribution in [3.8, 4) is 11.5 Å². The van der Waals surface area contributed by atoms with E-state index in [1.165, 1.54) is 17.7 Å². The second-order valence-corrected chi connectivity index (χ2v) is 7.77. The van der Waals surface area contributed by atoms with Gasteiger partial charge in [0.05, 0.1) is 7.11 Å². The fraction of sp³-hybridized carbons (Fsp3) is 0.455. The Labute approximate surface area is 163 Å². The van der Waals surface area contributed by atoms with Crippen LogP contribution in [0.15, 0.2) is 48.5 Å². The van der Waals surface area contributed by atoms with Crippen LogP contribution >= 0.6 is 0 Å². The maximum Gasteiger partial charge on any atom is 0.573 e. The molecule has 2 aromatic rings. The minimum Gasteiger partial charge on any atom is -0.497 e. The van der Waals surface area contributed by atoms with Gasteiger partial charge in [0, 0.05) is 19.6 Å². The van der Waals surface area contributed by atoms with Gasteiger partial charge in [0.25, 0.3) is 0 Å². The lowest BCUT2D eigenvalue weighted by Gasteiger charge is -2.19. The largest absolute Gasteiger partial charge is 0.573 e. The lowest BCUT2D eigenvalue weighted by molar-refractivity contribution is -0.274. The Kier molecular flexibility index (Phi) is 5.23. The molecule has 1 saturated heterocycles. The first-order valence-electron chi connectivity index (χ1n) is 9.61. The number of benzene rings is 2. The van der Waals surface area contributed by atoms with Crippen molar-refractivity contribution in [2.75, 3.05) is 20.2 Å². The number of alkyl halides is 3. The molecule has 2 aromatic carbocycles. The van der Waals surface area contributed by atoms with Crippen molar-refractivity contribution in [2.45, 2.75) is 25.7 Å². The fourth-order valence-electron chi connectivity index (χ4n) is 4.51. The summed E-state index contributed by atoms with van der Waals surface area (Å²) in [5, 5.41) is 0. The summed E-state index contributed by atoms with van der Waals surface area (Å²) in [6.45, 7) is 3.18. The molecule has 2 unspecified atom stereocenters. The van der Waals surface area contributed by atoms with Crippen LogP contribution in [0.1, 0.15) is 17.5 Å². The second-order valence-electron chi connectivity index (χ2n) is 7.77. The Morgan fingerprint density at radius 2 is 1.68 bits per heavy atom. The Balaban J connectivity index is 1.23. The molecular formula is C22H24F3NO2. The molecule has 2 atom stereocenters. The Hall–Kier alpha value is -2.21. The van der Waals surface area contributed by atoms with Crippen LogP contribution in [0.4, 0.5) is 13.2 Å². The number of hydrogen-bond acceptors (Lipinski definition) is 3. The van der Waals surface area contributed by atoms with Crippen LogP contribution in [0.3, 0.4) is 0 Å². The van der Waals surface area contributed by atoms with Gasteiger partial charge in [-0.2, -0.15) is 0 Å². The van der Waals surface area contributed by atoms with Crippen LogP contribution in [-0.4, -0.2) is 31.5 Å². The van der Waals surface area contributed by atoms with Gasteiger partial charge in [-0.05, 0) is 66.0 Å². The molecule has 3 nitrogen and oxygen atoms in total. The number of aryl methyl sites for hydroxylation is 1. The molecule has 0 bridgehead atoms. The number of halogens is 3. The normalized spacial score (nSPS) is 24.1. The molecule has 0 aromatic heterocycles. The topological polar surface area (TPSA) is 21.7 Å². The highest BCUT2D eigenvalue weighted by molar-refractivity contribution is 5.29. The first-order chi connectivity index (χ1) is 13.4. The van der Waals surface area contributed by atoms with Crippen LogP contribution < -0.4 is 9.47 Å². The van der Waals surface area contributed by atoms with Gasteiger partial charge >= 0.3 is 6.36 Å². The van der Waals surface area contributed by atoms with Crippen LogP contribution in [-0.2, 0) is 13.0 Å².